The summed E-state index contributed by atoms with van der Waals surface area (Å²) in [6.45, 7) is -0.0736. The number of esters is 1. The van der Waals surface area contributed by atoms with Crippen molar-refractivity contribution in [1.82, 2.24) is 9.78 Å². The van der Waals surface area contributed by atoms with Gasteiger partial charge in [0, 0.05) is 35.2 Å². The Hall–Kier alpha value is -3.62. The second-order valence-electron chi connectivity index (χ2n) is 5.59. The van der Waals surface area contributed by atoms with E-state index in [1.807, 2.05) is 0 Å². The lowest BCUT2D eigenvalue weighted by Gasteiger charge is -2.05. The first-order chi connectivity index (χ1) is 12.9. The number of nitro benzene ring substituents is 1. The maximum absolute atomic E-state index is 14.0. The van der Waals surface area contributed by atoms with E-state index >= 15 is 0 Å². The molecule has 0 bridgehead atoms. The minimum Gasteiger partial charge on any atom is -0.466 e. The zero-order valence-electron chi connectivity index (χ0n) is 14.1. The van der Waals surface area contributed by atoms with Crippen LogP contribution in [0.5, 0.6) is 0 Å². The molecule has 0 saturated heterocycles. The van der Waals surface area contributed by atoms with Gasteiger partial charge in [-0.2, -0.15) is 5.10 Å². The summed E-state index contributed by atoms with van der Waals surface area (Å²) in [6, 6.07) is 7.25. The molecule has 0 unspecified atom stereocenters. The fraction of sp³-hybridized carbons (Fsp3) is 0.111. The Kier molecular flexibility index (Phi) is 4.93. The number of hydrogen-bond acceptors (Lipinski definition) is 5. The predicted molar refractivity (Wildman–Crippen MR) is 92.9 cm³/mol. The Morgan fingerprint density at radius 3 is 2.74 bits per heavy atom. The smallest absolute Gasteiger partial charge is 0.330 e. The number of carbonyl (C=O) groups excluding carboxylic acids is 1. The molecule has 0 N–H and O–H groups in total. The normalized spacial score (nSPS) is 11.2. The largest absolute Gasteiger partial charge is 0.466 e. The Labute approximate surface area is 151 Å². The molecule has 0 aliphatic heterocycles. The predicted octanol–water partition coefficient (Wildman–Crippen LogP) is 3.46. The second-order valence-corrected chi connectivity index (χ2v) is 5.59. The van der Waals surface area contributed by atoms with Crippen molar-refractivity contribution in [2.75, 3.05) is 7.11 Å². The van der Waals surface area contributed by atoms with E-state index in [9.17, 15) is 23.7 Å². The fourth-order valence-corrected chi connectivity index (χ4v) is 2.57. The topological polar surface area (TPSA) is 87.3 Å². The molecule has 0 amide bonds. The third-order valence-corrected chi connectivity index (χ3v) is 3.89. The fourth-order valence-electron chi connectivity index (χ4n) is 2.57. The molecule has 0 saturated carbocycles. The molecule has 1 aromatic heterocycles. The number of carbonyl (C=O) groups is 1. The van der Waals surface area contributed by atoms with Gasteiger partial charge in [-0.3, -0.25) is 14.8 Å². The molecule has 0 fully saturated rings. The van der Waals surface area contributed by atoms with Crippen LogP contribution in [0.3, 0.4) is 0 Å². The number of aromatic nitrogens is 2. The van der Waals surface area contributed by atoms with Crippen LogP contribution < -0.4 is 0 Å². The molecule has 0 atom stereocenters. The van der Waals surface area contributed by atoms with Gasteiger partial charge in [-0.25, -0.2) is 13.6 Å². The van der Waals surface area contributed by atoms with Crippen LogP contribution >= 0.6 is 0 Å². The van der Waals surface area contributed by atoms with Gasteiger partial charge in [-0.1, -0.05) is 6.07 Å². The van der Waals surface area contributed by atoms with Gasteiger partial charge >= 0.3 is 5.97 Å². The number of fused-ring (bicyclic) bond motifs is 1. The van der Waals surface area contributed by atoms with E-state index in [1.165, 1.54) is 42.1 Å². The van der Waals surface area contributed by atoms with Crippen LogP contribution in [0, 0.1) is 21.7 Å². The first-order valence-corrected chi connectivity index (χ1v) is 7.74. The summed E-state index contributed by atoms with van der Waals surface area (Å²) in [5.41, 5.74) is 0.729. The Bertz CT molecular complexity index is 1080. The molecule has 0 spiro atoms. The highest BCUT2D eigenvalue weighted by atomic mass is 19.1. The van der Waals surface area contributed by atoms with E-state index in [4.69, 9.17) is 0 Å². The Morgan fingerprint density at radius 1 is 1.30 bits per heavy atom. The van der Waals surface area contributed by atoms with Crippen molar-refractivity contribution in [2.24, 2.45) is 0 Å². The minimum atomic E-state index is -0.754. The number of halogens is 2. The Balaban J connectivity index is 2.11. The van der Waals surface area contributed by atoms with Gasteiger partial charge in [-0.15, -0.1) is 0 Å². The SMILES string of the molecule is COC(=O)/C=C/c1nn(Cc2ccc(F)cc2F)c2cc([N+](=O)[O-])ccc12. The van der Waals surface area contributed by atoms with Crippen molar-refractivity contribution in [1.29, 1.82) is 0 Å². The van der Waals surface area contributed by atoms with E-state index in [0.29, 0.717) is 16.6 Å². The summed E-state index contributed by atoms with van der Waals surface area (Å²) >= 11 is 0. The van der Waals surface area contributed by atoms with Crippen molar-refractivity contribution in [3.8, 4) is 0 Å². The van der Waals surface area contributed by atoms with Crippen molar-refractivity contribution < 1.29 is 23.2 Å². The third-order valence-electron chi connectivity index (χ3n) is 3.89. The summed E-state index contributed by atoms with van der Waals surface area (Å²) in [7, 11) is 1.23. The molecule has 3 rings (SSSR count). The number of benzene rings is 2. The lowest BCUT2D eigenvalue weighted by atomic mass is 10.1. The molecular formula is C18H13F2N3O4. The van der Waals surface area contributed by atoms with E-state index in [1.54, 1.807) is 0 Å². The number of hydrogen-bond donors (Lipinski definition) is 0. The number of nitro groups is 1. The maximum Gasteiger partial charge on any atom is 0.330 e. The van der Waals surface area contributed by atoms with Gasteiger partial charge in [0.1, 0.15) is 11.6 Å². The highest BCUT2D eigenvalue weighted by Gasteiger charge is 2.15. The summed E-state index contributed by atoms with van der Waals surface area (Å²) in [5.74, 6) is -2.06. The number of non-ortho nitro benzene ring substituents is 1. The molecule has 9 heteroatoms. The van der Waals surface area contributed by atoms with E-state index in [2.05, 4.69) is 9.84 Å². The van der Waals surface area contributed by atoms with Crippen LogP contribution in [0.2, 0.25) is 0 Å². The van der Waals surface area contributed by atoms with Crippen LogP contribution in [0.1, 0.15) is 11.3 Å². The van der Waals surface area contributed by atoms with Crippen LogP contribution in [0.4, 0.5) is 14.5 Å². The standard InChI is InChI=1S/C18H13F2N3O4/c1-27-18(24)7-6-16-14-5-4-13(23(25)26)9-17(14)22(21-16)10-11-2-3-12(19)8-15(11)20/h2-9H,10H2,1H3/b7-6+. The third kappa shape index (κ3) is 3.81. The molecule has 138 valence electrons. The van der Waals surface area contributed by atoms with Gasteiger partial charge in [0.2, 0.25) is 0 Å². The van der Waals surface area contributed by atoms with Gasteiger partial charge in [0.05, 0.1) is 29.8 Å². The molecule has 1 heterocycles. The van der Waals surface area contributed by atoms with Crippen LogP contribution in [0.15, 0.2) is 42.5 Å². The summed E-state index contributed by atoms with van der Waals surface area (Å²) in [6.07, 6.45) is 2.56. The molecular weight excluding hydrogens is 360 g/mol. The molecule has 2 aromatic carbocycles. The van der Waals surface area contributed by atoms with Crippen molar-refractivity contribution >= 4 is 28.6 Å². The van der Waals surface area contributed by atoms with Gasteiger partial charge in [-0.05, 0) is 18.2 Å². The lowest BCUT2D eigenvalue weighted by Crippen LogP contribution is -2.04. The monoisotopic (exact) mass is 373 g/mol. The minimum absolute atomic E-state index is 0.0736. The number of rotatable bonds is 5. The zero-order chi connectivity index (χ0) is 19.6. The van der Waals surface area contributed by atoms with Crippen LogP contribution in [-0.4, -0.2) is 27.8 Å². The Morgan fingerprint density at radius 2 is 2.07 bits per heavy atom. The average Bonchev–Trinajstić information content (AvgIpc) is 2.99. The van der Waals surface area contributed by atoms with Crippen molar-refractivity contribution in [3.05, 3.63) is 75.5 Å². The summed E-state index contributed by atoms with van der Waals surface area (Å²) in [5, 5.41) is 15.9. The van der Waals surface area contributed by atoms with E-state index < -0.39 is 22.5 Å². The highest BCUT2D eigenvalue weighted by molar-refractivity contribution is 5.93. The number of ether oxygens (including phenoxy) is 1. The van der Waals surface area contributed by atoms with Crippen molar-refractivity contribution in [2.45, 2.75) is 6.54 Å². The van der Waals surface area contributed by atoms with E-state index in [0.717, 1.165) is 18.2 Å². The van der Waals surface area contributed by atoms with Gasteiger partial charge in [0.25, 0.3) is 5.69 Å². The first-order valence-electron chi connectivity index (χ1n) is 7.74. The molecule has 0 aliphatic rings. The van der Waals surface area contributed by atoms with E-state index in [-0.39, 0.29) is 17.8 Å². The number of nitrogens with zero attached hydrogens (tertiary/aromatic N) is 3. The average molecular weight is 373 g/mol. The van der Waals surface area contributed by atoms with Crippen molar-refractivity contribution in [3.63, 3.8) is 0 Å². The molecule has 7 nitrogen and oxygen atoms in total. The zero-order valence-corrected chi connectivity index (χ0v) is 14.1. The molecule has 3 aromatic rings. The highest BCUT2D eigenvalue weighted by Crippen LogP contribution is 2.26. The first kappa shape index (κ1) is 18.2. The quantitative estimate of drug-likeness (QED) is 0.296. The van der Waals surface area contributed by atoms with Gasteiger partial charge in [0.15, 0.2) is 0 Å². The lowest BCUT2D eigenvalue weighted by molar-refractivity contribution is -0.384. The van der Waals surface area contributed by atoms with Crippen LogP contribution in [-0.2, 0) is 16.1 Å². The van der Waals surface area contributed by atoms with Gasteiger partial charge < -0.3 is 4.74 Å². The maximum atomic E-state index is 14.0. The molecule has 0 radical (unpaired) electrons. The summed E-state index contributed by atoms with van der Waals surface area (Å²) < 4.78 is 33.0. The summed E-state index contributed by atoms with van der Waals surface area (Å²) in [4.78, 5) is 21.8. The molecule has 0 aliphatic carbocycles. The number of methoxy groups -OCH3 is 1. The molecule has 27 heavy (non-hydrogen) atoms. The van der Waals surface area contributed by atoms with Crippen LogP contribution in [0.25, 0.3) is 17.0 Å². The second kappa shape index (κ2) is 7.32.